The summed E-state index contributed by atoms with van der Waals surface area (Å²) in [5, 5.41) is 4.06. The highest BCUT2D eigenvalue weighted by Gasteiger charge is 2.25. The number of hydrogen-bond acceptors (Lipinski definition) is 4. The third kappa shape index (κ3) is 9.16. The molecule has 8 nitrogen and oxygen atoms in total. The van der Waals surface area contributed by atoms with E-state index in [1.54, 1.807) is 0 Å². The number of rotatable bonds is 11. The van der Waals surface area contributed by atoms with E-state index in [9.17, 15) is 6.57 Å². The first-order valence-electron chi connectivity index (χ1n) is 29.8. The summed E-state index contributed by atoms with van der Waals surface area (Å²) in [5.74, 6) is 0. The summed E-state index contributed by atoms with van der Waals surface area (Å²) in [4.78, 5) is 28.2. The van der Waals surface area contributed by atoms with E-state index in [-0.39, 0.29) is 0 Å². The Morgan fingerprint density at radius 3 is 0.900 bits per heavy atom. The third-order valence-corrected chi connectivity index (χ3v) is 17.2. The van der Waals surface area contributed by atoms with Gasteiger partial charge in [-0.1, -0.05) is 188 Å². The average molecular weight is 1150 g/mol. The Morgan fingerprint density at radius 2 is 0.567 bits per heavy atom. The zero-order chi connectivity index (χ0) is 60.1. The molecule has 6 aromatic heterocycles. The molecule has 0 aliphatic carbocycles. The largest absolute Gasteiger partial charge is 0.319 e. The molecule has 0 aliphatic heterocycles. The van der Waals surface area contributed by atoms with Crippen molar-refractivity contribution >= 4 is 55.0 Å². The van der Waals surface area contributed by atoms with Gasteiger partial charge < -0.3 is 9.13 Å². The quantitative estimate of drug-likeness (QED) is 0.121. The van der Waals surface area contributed by atoms with Gasteiger partial charge in [-0.15, -0.1) is 0 Å². The second kappa shape index (κ2) is 22.3. The van der Waals surface area contributed by atoms with Crippen LogP contribution >= 0.6 is 0 Å². The summed E-state index contributed by atoms with van der Waals surface area (Å²) in [6.45, 7) is 17.5. The molecule has 0 radical (unpaired) electrons. The van der Waals surface area contributed by atoms with Gasteiger partial charge in [0.05, 0.1) is 63.7 Å². The summed E-state index contributed by atoms with van der Waals surface area (Å²) in [6.07, 6.45) is 7.41. The lowest BCUT2D eigenvalue weighted by Crippen LogP contribution is -2.01. The first-order chi connectivity index (χ1) is 44.6. The topological polar surface area (TPSA) is 70.1 Å². The fourth-order valence-electron chi connectivity index (χ4n) is 13.1. The molecule has 10 aromatic carbocycles. The predicted octanol–water partition coefficient (Wildman–Crippen LogP) is 21.6. The van der Waals surface area contributed by atoms with Crippen molar-refractivity contribution in [2.75, 3.05) is 0 Å². The van der Waals surface area contributed by atoms with Crippen LogP contribution in [0.25, 0.3) is 165 Å². The van der Waals surface area contributed by atoms with Gasteiger partial charge in [-0.3, -0.25) is 19.9 Å². The highest BCUT2D eigenvalue weighted by molar-refractivity contribution is 6.15. The van der Waals surface area contributed by atoms with E-state index in [0.29, 0.717) is 17.1 Å². The van der Waals surface area contributed by atoms with E-state index in [1.807, 2.05) is 140 Å². The second-order valence-corrected chi connectivity index (χ2v) is 22.3. The SMILES string of the molecule is [C-]#[N+]c1cccc(-c2cc(-n3c4ccc(-c5cccnc5-c5ccccc5)cc4c4cc(-c5cccnc5-c5ccccc5)ccc43)c([N+]#[C-])cc2-n2c3ccc(-c4cccnc4-c4ccccc4)cc3c3cc(-c4cccnc4-c4ccccc4)ccc32)c1. The first-order valence-corrected chi connectivity index (χ1v) is 29.8. The molecule has 0 aliphatic rings. The molecule has 0 saturated carbocycles. The molecule has 16 rings (SSSR count). The molecule has 16 aromatic rings. The van der Waals surface area contributed by atoms with Gasteiger partial charge >= 0.3 is 0 Å². The molecule has 0 amide bonds. The van der Waals surface area contributed by atoms with Gasteiger partial charge in [-0.2, -0.15) is 0 Å². The van der Waals surface area contributed by atoms with Crippen molar-refractivity contribution < 1.29 is 0 Å². The smallest absolute Gasteiger partial charge is 0.212 e. The summed E-state index contributed by atoms with van der Waals surface area (Å²) in [5.41, 5.74) is 23.7. The summed E-state index contributed by atoms with van der Waals surface area (Å²) in [7, 11) is 0. The molecule has 0 N–H and O–H groups in total. The number of aromatic nitrogens is 6. The molecule has 0 saturated heterocycles. The molecule has 0 atom stereocenters. The molecule has 0 fully saturated rings. The van der Waals surface area contributed by atoms with E-state index in [4.69, 9.17) is 26.5 Å². The van der Waals surface area contributed by atoms with Crippen LogP contribution in [0.15, 0.2) is 304 Å². The molecule has 6 heterocycles. The average Bonchev–Trinajstić information content (AvgIpc) is 1.65. The zero-order valence-corrected chi connectivity index (χ0v) is 48.4. The van der Waals surface area contributed by atoms with Gasteiger partial charge in [0.25, 0.3) is 0 Å². The number of hydrogen-bond donors (Lipinski definition) is 0. The van der Waals surface area contributed by atoms with E-state index in [2.05, 4.69) is 183 Å². The summed E-state index contributed by atoms with van der Waals surface area (Å²) >= 11 is 0. The molecule has 0 spiro atoms. The van der Waals surface area contributed by atoms with Crippen molar-refractivity contribution in [2.24, 2.45) is 0 Å². The Labute approximate surface area is 519 Å². The molecule has 8 heteroatoms. The maximum atomic E-state index is 9.26. The van der Waals surface area contributed by atoms with Crippen molar-refractivity contribution in [1.82, 2.24) is 29.1 Å². The lowest BCUT2D eigenvalue weighted by Gasteiger charge is -2.19. The van der Waals surface area contributed by atoms with Crippen LogP contribution < -0.4 is 0 Å². The van der Waals surface area contributed by atoms with Crippen LogP contribution in [-0.2, 0) is 0 Å². The summed E-state index contributed by atoms with van der Waals surface area (Å²) in [6, 6.07) is 96.5. The highest BCUT2D eigenvalue weighted by atomic mass is 15.0. The van der Waals surface area contributed by atoms with E-state index in [1.165, 1.54) is 0 Å². The Balaban J connectivity index is 0.961. The minimum atomic E-state index is 0.452. The molecular formula is C82H50N8. The van der Waals surface area contributed by atoms with Crippen LogP contribution in [0.2, 0.25) is 0 Å². The summed E-state index contributed by atoms with van der Waals surface area (Å²) < 4.78 is 4.56. The fourth-order valence-corrected chi connectivity index (χ4v) is 13.1. The van der Waals surface area contributed by atoms with Crippen LogP contribution in [-0.4, -0.2) is 29.1 Å². The lowest BCUT2D eigenvalue weighted by molar-refractivity contribution is 1.15. The van der Waals surface area contributed by atoms with E-state index < -0.39 is 0 Å². The lowest BCUT2D eigenvalue weighted by atomic mass is 9.96. The minimum absolute atomic E-state index is 0.452. The maximum Gasteiger partial charge on any atom is 0.212 e. The second-order valence-electron chi connectivity index (χ2n) is 22.3. The Morgan fingerprint density at radius 1 is 0.244 bits per heavy atom. The molecule has 418 valence electrons. The van der Waals surface area contributed by atoms with Crippen molar-refractivity contribution in [3.05, 3.63) is 327 Å². The molecular weight excluding hydrogens is 1100 g/mol. The van der Waals surface area contributed by atoms with E-state index >= 15 is 0 Å². The van der Waals surface area contributed by atoms with Crippen molar-refractivity contribution in [3.8, 4) is 112 Å². The maximum absolute atomic E-state index is 9.26. The monoisotopic (exact) mass is 1150 g/mol. The van der Waals surface area contributed by atoms with Gasteiger partial charge in [-0.25, -0.2) is 9.69 Å². The minimum Gasteiger partial charge on any atom is -0.319 e. The van der Waals surface area contributed by atoms with Crippen molar-refractivity contribution in [1.29, 1.82) is 0 Å². The van der Waals surface area contributed by atoms with Gasteiger partial charge in [-0.05, 0) is 119 Å². The zero-order valence-electron chi connectivity index (χ0n) is 48.4. The number of benzene rings is 10. The normalized spacial score (nSPS) is 11.3. The number of nitrogens with zero attached hydrogens (tertiary/aromatic N) is 8. The highest BCUT2D eigenvalue weighted by Crippen LogP contribution is 2.47. The molecule has 90 heavy (non-hydrogen) atoms. The standard InChI is InChI=1S/C82H50N8/c1-83-62-29-15-28-57(46-62)67-51-78(90-75-40-36-60(65-32-18-44-87-81(65)55-24-11-5-12-25-55)49-70(75)71-50-61(37-41-76(71)90)66-33-19-45-88-82(66)56-26-13-6-14-27-56)72(84-2)52-77(67)89-73-38-34-58(63-30-16-42-85-79(63)53-20-7-3-8-21-53)47-68(73)69-48-59(35-39-74(69)89)64-31-17-43-86-80(64)54-22-9-4-10-23-54/h3-52H. The Hall–Kier alpha value is -12.6. The van der Waals surface area contributed by atoms with Crippen LogP contribution in [0.5, 0.6) is 0 Å². The molecule has 0 bridgehead atoms. The number of fused-ring (bicyclic) bond motifs is 6. The van der Waals surface area contributed by atoms with Gasteiger partial charge in [0, 0.05) is 102 Å². The van der Waals surface area contributed by atoms with Crippen molar-refractivity contribution in [3.63, 3.8) is 0 Å². The van der Waals surface area contributed by atoms with Crippen LogP contribution in [0.3, 0.4) is 0 Å². The van der Waals surface area contributed by atoms with Gasteiger partial charge in [0.15, 0.2) is 5.69 Å². The van der Waals surface area contributed by atoms with Gasteiger partial charge in [0.2, 0.25) is 5.69 Å². The van der Waals surface area contributed by atoms with Crippen LogP contribution in [0.4, 0.5) is 11.4 Å². The predicted molar refractivity (Wildman–Crippen MR) is 368 cm³/mol. The fraction of sp³-hybridized carbons (Fsp3) is 0. The van der Waals surface area contributed by atoms with Crippen LogP contribution in [0, 0.1) is 13.1 Å². The third-order valence-electron chi connectivity index (χ3n) is 17.2. The van der Waals surface area contributed by atoms with Crippen LogP contribution in [0.1, 0.15) is 0 Å². The van der Waals surface area contributed by atoms with Crippen molar-refractivity contribution in [2.45, 2.75) is 0 Å². The van der Waals surface area contributed by atoms with Gasteiger partial charge in [0.1, 0.15) is 0 Å². The Bertz CT molecular complexity index is 5280. The van der Waals surface area contributed by atoms with E-state index in [0.717, 1.165) is 150 Å². The number of pyridine rings is 4. The Kier molecular flexibility index (Phi) is 13.1. The molecule has 0 unspecified atom stereocenters. The first kappa shape index (κ1) is 52.9.